The molecule has 0 aliphatic carbocycles. The van der Waals surface area contributed by atoms with E-state index in [0.29, 0.717) is 36.8 Å². The highest BCUT2D eigenvalue weighted by molar-refractivity contribution is 6.31. The monoisotopic (exact) mass is 299 g/mol. The number of amides is 1. The zero-order valence-corrected chi connectivity index (χ0v) is 12.2. The molecule has 1 fully saturated rings. The molecular formula is C14H19ClFN3O. The minimum Gasteiger partial charge on any atom is -0.355 e. The molecular weight excluding hydrogens is 281 g/mol. The van der Waals surface area contributed by atoms with E-state index in [1.54, 1.807) is 12.1 Å². The van der Waals surface area contributed by atoms with Crippen LogP contribution in [0.2, 0.25) is 5.02 Å². The zero-order chi connectivity index (χ0) is 14.5. The first-order valence-corrected chi connectivity index (χ1v) is 7.16. The Morgan fingerprint density at radius 1 is 1.60 bits per heavy atom. The molecule has 4 nitrogen and oxygen atoms in total. The third-order valence-corrected chi connectivity index (χ3v) is 3.78. The SMILES string of the molecule is CCNC(=O)C1CNCCN1Cc1c(F)cccc1Cl. The Labute approximate surface area is 123 Å². The van der Waals surface area contributed by atoms with E-state index in [9.17, 15) is 9.18 Å². The molecule has 1 aliphatic rings. The van der Waals surface area contributed by atoms with E-state index in [1.165, 1.54) is 6.07 Å². The molecule has 0 radical (unpaired) electrons. The number of benzene rings is 1. The average molecular weight is 300 g/mol. The molecule has 20 heavy (non-hydrogen) atoms. The summed E-state index contributed by atoms with van der Waals surface area (Å²) in [6, 6.07) is 4.35. The van der Waals surface area contributed by atoms with Gasteiger partial charge < -0.3 is 10.6 Å². The van der Waals surface area contributed by atoms with E-state index in [1.807, 2.05) is 11.8 Å². The Bertz CT molecular complexity index is 463. The molecule has 1 atom stereocenters. The highest BCUT2D eigenvalue weighted by atomic mass is 35.5. The third-order valence-electron chi connectivity index (χ3n) is 3.43. The minimum atomic E-state index is -0.328. The number of carbonyl (C=O) groups excluding carboxylic acids is 1. The Morgan fingerprint density at radius 2 is 2.40 bits per heavy atom. The average Bonchev–Trinajstić information content (AvgIpc) is 2.44. The van der Waals surface area contributed by atoms with Crippen LogP contribution in [-0.2, 0) is 11.3 Å². The minimum absolute atomic E-state index is 0.0350. The summed E-state index contributed by atoms with van der Waals surface area (Å²) >= 11 is 6.05. The van der Waals surface area contributed by atoms with Gasteiger partial charge in [-0.25, -0.2) is 4.39 Å². The third kappa shape index (κ3) is 3.48. The van der Waals surface area contributed by atoms with Crippen LogP contribution < -0.4 is 10.6 Å². The summed E-state index contributed by atoms with van der Waals surface area (Å²) in [5.41, 5.74) is 0.449. The number of hydrogen-bond donors (Lipinski definition) is 2. The lowest BCUT2D eigenvalue weighted by Gasteiger charge is -2.35. The molecule has 0 saturated carbocycles. The van der Waals surface area contributed by atoms with Crippen molar-refractivity contribution in [3.05, 3.63) is 34.6 Å². The molecule has 2 rings (SSSR count). The van der Waals surface area contributed by atoms with Crippen molar-refractivity contribution in [1.82, 2.24) is 15.5 Å². The van der Waals surface area contributed by atoms with Crippen LogP contribution >= 0.6 is 11.6 Å². The highest BCUT2D eigenvalue weighted by Crippen LogP contribution is 2.22. The second-order valence-corrected chi connectivity index (χ2v) is 5.19. The second-order valence-electron chi connectivity index (χ2n) is 4.79. The van der Waals surface area contributed by atoms with Crippen LogP contribution in [0.15, 0.2) is 18.2 Å². The van der Waals surface area contributed by atoms with E-state index in [-0.39, 0.29) is 17.8 Å². The number of hydrogen-bond acceptors (Lipinski definition) is 3. The van der Waals surface area contributed by atoms with Gasteiger partial charge in [-0.3, -0.25) is 9.69 Å². The summed E-state index contributed by atoms with van der Waals surface area (Å²) < 4.78 is 13.9. The number of halogens is 2. The summed E-state index contributed by atoms with van der Waals surface area (Å²) in [5, 5.41) is 6.40. The molecule has 0 aromatic heterocycles. The predicted octanol–water partition coefficient (Wildman–Crippen LogP) is 1.39. The van der Waals surface area contributed by atoms with E-state index in [0.717, 1.165) is 6.54 Å². The summed E-state index contributed by atoms with van der Waals surface area (Å²) in [7, 11) is 0. The summed E-state index contributed by atoms with van der Waals surface area (Å²) in [5.74, 6) is -0.363. The molecule has 1 aromatic carbocycles. The van der Waals surface area contributed by atoms with E-state index in [2.05, 4.69) is 10.6 Å². The number of likely N-dealkylation sites (N-methyl/N-ethyl adjacent to an activating group) is 1. The quantitative estimate of drug-likeness (QED) is 0.883. The van der Waals surface area contributed by atoms with Gasteiger partial charge in [-0.05, 0) is 19.1 Å². The maximum Gasteiger partial charge on any atom is 0.238 e. The first-order valence-electron chi connectivity index (χ1n) is 6.79. The number of nitrogens with one attached hydrogen (secondary N) is 2. The van der Waals surface area contributed by atoms with Crippen LogP contribution in [0, 0.1) is 5.82 Å². The number of carbonyl (C=O) groups is 1. The van der Waals surface area contributed by atoms with Gasteiger partial charge >= 0.3 is 0 Å². The van der Waals surface area contributed by atoms with Gasteiger partial charge in [0.05, 0.1) is 0 Å². The van der Waals surface area contributed by atoms with Crippen molar-refractivity contribution in [3.63, 3.8) is 0 Å². The lowest BCUT2D eigenvalue weighted by Crippen LogP contribution is -2.57. The summed E-state index contributed by atoms with van der Waals surface area (Å²) in [6.45, 7) is 4.84. The van der Waals surface area contributed by atoms with E-state index >= 15 is 0 Å². The fraction of sp³-hybridized carbons (Fsp3) is 0.500. The van der Waals surface area contributed by atoms with Crippen molar-refractivity contribution >= 4 is 17.5 Å². The molecule has 1 amide bonds. The molecule has 1 heterocycles. The van der Waals surface area contributed by atoms with E-state index < -0.39 is 0 Å². The van der Waals surface area contributed by atoms with Gasteiger partial charge in [0.15, 0.2) is 0 Å². The topological polar surface area (TPSA) is 44.4 Å². The normalized spacial score (nSPS) is 19.9. The highest BCUT2D eigenvalue weighted by Gasteiger charge is 2.29. The van der Waals surface area contributed by atoms with Gasteiger partial charge in [-0.2, -0.15) is 0 Å². The van der Waals surface area contributed by atoms with E-state index in [4.69, 9.17) is 11.6 Å². The van der Waals surface area contributed by atoms with Gasteiger partial charge in [0.25, 0.3) is 0 Å². The van der Waals surface area contributed by atoms with Crippen molar-refractivity contribution in [2.24, 2.45) is 0 Å². The predicted molar refractivity (Wildman–Crippen MR) is 77.2 cm³/mol. The maximum absolute atomic E-state index is 13.9. The molecule has 1 aromatic rings. The molecule has 0 bridgehead atoms. The first-order chi connectivity index (χ1) is 9.63. The summed E-state index contributed by atoms with van der Waals surface area (Å²) in [4.78, 5) is 14.0. The van der Waals surface area contributed by atoms with Gasteiger partial charge in [0.2, 0.25) is 5.91 Å². The van der Waals surface area contributed by atoms with Crippen molar-refractivity contribution < 1.29 is 9.18 Å². The van der Waals surface area contributed by atoms with Crippen LogP contribution in [0.4, 0.5) is 4.39 Å². The molecule has 0 spiro atoms. The molecule has 2 N–H and O–H groups in total. The number of nitrogens with zero attached hydrogens (tertiary/aromatic N) is 1. The fourth-order valence-electron chi connectivity index (χ4n) is 2.37. The van der Waals surface area contributed by atoms with Crippen molar-refractivity contribution in [3.8, 4) is 0 Å². The fourth-order valence-corrected chi connectivity index (χ4v) is 2.60. The smallest absolute Gasteiger partial charge is 0.238 e. The molecule has 1 saturated heterocycles. The van der Waals surface area contributed by atoms with Crippen molar-refractivity contribution in [2.45, 2.75) is 19.5 Å². The van der Waals surface area contributed by atoms with Gasteiger partial charge in [0.1, 0.15) is 11.9 Å². The number of rotatable bonds is 4. The largest absolute Gasteiger partial charge is 0.355 e. The van der Waals surface area contributed by atoms with Crippen LogP contribution in [0.25, 0.3) is 0 Å². The molecule has 6 heteroatoms. The lowest BCUT2D eigenvalue weighted by atomic mass is 10.1. The van der Waals surface area contributed by atoms with Gasteiger partial charge in [-0.15, -0.1) is 0 Å². The van der Waals surface area contributed by atoms with Crippen LogP contribution in [-0.4, -0.2) is 43.0 Å². The van der Waals surface area contributed by atoms with Crippen molar-refractivity contribution in [2.75, 3.05) is 26.2 Å². The Kier molecular flexibility index (Phi) is 5.34. The first kappa shape index (κ1) is 15.2. The molecule has 1 unspecified atom stereocenters. The zero-order valence-electron chi connectivity index (χ0n) is 11.5. The molecule has 1 aliphatic heterocycles. The van der Waals surface area contributed by atoms with Gasteiger partial charge in [0, 0.05) is 43.3 Å². The van der Waals surface area contributed by atoms with Gasteiger partial charge in [-0.1, -0.05) is 17.7 Å². The van der Waals surface area contributed by atoms with Crippen LogP contribution in [0.1, 0.15) is 12.5 Å². The standard InChI is InChI=1S/C14H19ClFN3O/c1-2-18-14(20)13-8-17-6-7-19(13)9-10-11(15)4-3-5-12(10)16/h3-5,13,17H,2,6-9H2,1H3,(H,18,20). The van der Waals surface area contributed by atoms with Crippen LogP contribution in [0.3, 0.4) is 0 Å². The van der Waals surface area contributed by atoms with Crippen molar-refractivity contribution in [1.29, 1.82) is 0 Å². The summed E-state index contributed by atoms with van der Waals surface area (Å²) in [6.07, 6.45) is 0. The Balaban J connectivity index is 2.14. The lowest BCUT2D eigenvalue weighted by molar-refractivity contribution is -0.127. The molecule has 110 valence electrons. The Morgan fingerprint density at radius 3 is 3.10 bits per heavy atom. The second kappa shape index (κ2) is 7.02. The van der Waals surface area contributed by atoms with Crippen LogP contribution in [0.5, 0.6) is 0 Å². The maximum atomic E-state index is 13.9. The number of piperazine rings is 1. The Hall–Kier alpha value is -1.17.